The molecule has 0 saturated carbocycles. The maximum atomic E-state index is 12.8. The molecule has 27 heavy (non-hydrogen) atoms. The molecule has 0 spiro atoms. The second-order valence-corrected chi connectivity index (χ2v) is 6.44. The maximum absolute atomic E-state index is 12.8. The number of nitrogens with zero attached hydrogens (tertiary/aromatic N) is 2. The summed E-state index contributed by atoms with van der Waals surface area (Å²) < 4.78 is 12.2. The SMILES string of the molecule is COc1cc(OC)c(NC(=O)c2cnn(-c3cccc(C)c3)c2C)cc1Cl. The molecule has 140 valence electrons. The van der Waals surface area contributed by atoms with Gasteiger partial charge in [0.1, 0.15) is 11.5 Å². The Bertz CT molecular complexity index is 998. The van der Waals surface area contributed by atoms with E-state index in [-0.39, 0.29) is 5.91 Å². The van der Waals surface area contributed by atoms with Crippen molar-refractivity contribution >= 4 is 23.2 Å². The van der Waals surface area contributed by atoms with Gasteiger partial charge in [-0.3, -0.25) is 4.79 Å². The van der Waals surface area contributed by atoms with Crippen molar-refractivity contribution in [2.75, 3.05) is 19.5 Å². The average molecular weight is 386 g/mol. The van der Waals surface area contributed by atoms with Gasteiger partial charge in [0.15, 0.2) is 0 Å². The highest BCUT2D eigenvalue weighted by atomic mass is 35.5. The normalized spacial score (nSPS) is 10.6. The molecule has 0 aliphatic rings. The first kappa shape index (κ1) is 18.8. The number of amides is 1. The Balaban J connectivity index is 1.91. The van der Waals surface area contributed by atoms with Gasteiger partial charge in [-0.1, -0.05) is 23.7 Å². The molecule has 6 nitrogen and oxygen atoms in total. The number of methoxy groups -OCH3 is 2. The number of benzene rings is 2. The second kappa shape index (κ2) is 7.72. The number of aromatic nitrogens is 2. The zero-order valence-electron chi connectivity index (χ0n) is 15.5. The third-order valence-electron chi connectivity index (χ3n) is 4.22. The van der Waals surface area contributed by atoms with Gasteiger partial charge < -0.3 is 14.8 Å². The van der Waals surface area contributed by atoms with E-state index in [0.717, 1.165) is 16.9 Å². The highest BCUT2D eigenvalue weighted by molar-refractivity contribution is 6.32. The van der Waals surface area contributed by atoms with Gasteiger partial charge in [-0.2, -0.15) is 5.10 Å². The minimum absolute atomic E-state index is 0.300. The van der Waals surface area contributed by atoms with Gasteiger partial charge in [-0.25, -0.2) is 4.68 Å². The molecule has 3 rings (SSSR count). The van der Waals surface area contributed by atoms with Gasteiger partial charge in [0.2, 0.25) is 0 Å². The second-order valence-electron chi connectivity index (χ2n) is 6.04. The minimum atomic E-state index is -0.300. The van der Waals surface area contributed by atoms with E-state index < -0.39 is 0 Å². The molecular formula is C20H20ClN3O3. The summed E-state index contributed by atoms with van der Waals surface area (Å²) in [6.07, 6.45) is 1.55. The van der Waals surface area contributed by atoms with Crippen LogP contribution in [0.3, 0.4) is 0 Å². The summed E-state index contributed by atoms with van der Waals surface area (Å²) in [7, 11) is 3.03. The van der Waals surface area contributed by atoms with E-state index in [4.69, 9.17) is 21.1 Å². The first-order valence-electron chi connectivity index (χ1n) is 8.29. The van der Waals surface area contributed by atoms with E-state index in [1.807, 2.05) is 38.1 Å². The molecule has 1 N–H and O–H groups in total. The molecule has 0 atom stereocenters. The molecule has 3 aromatic rings. The van der Waals surface area contributed by atoms with Gasteiger partial charge in [0, 0.05) is 6.07 Å². The molecule has 1 heterocycles. The lowest BCUT2D eigenvalue weighted by atomic mass is 10.2. The van der Waals surface area contributed by atoms with Crippen LogP contribution >= 0.6 is 11.6 Å². The maximum Gasteiger partial charge on any atom is 0.259 e. The lowest BCUT2D eigenvalue weighted by Crippen LogP contribution is -2.14. The number of hydrogen-bond donors (Lipinski definition) is 1. The first-order chi connectivity index (χ1) is 12.9. The van der Waals surface area contributed by atoms with E-state index in [2.05, 4.69) is 10.4 Å². The highest BCUT2D eigenvalue weighted by Crippen LogP contribution is 2.36. The van der Waals surface area contributed by atoms with Crippen LogP contribution in [-0.2, 0) is 0 Å². The number of carbonyl (C=O) groups excluding carboxylic acids is 1. The van der Waals surface area contributed by atoms with Gasteiger partial charge in [-0.15, -0.1) is 0 Å². The molecule has 0 saturated heterocycles. The number of ether oxygens (including phenoxy) is 2. The molecule has 2 aromatic carbocycles. The number of carbonyl (C=O) groups is 1. The molecule has 0 fully saturated rings. The quantitative estimate of drug-likeness (QED) is 0.706. The number of halogens is 1. The van der Waals surface area contributed by atoms with Crippen LogP contribution < -0.4 is 14.8 Å². The Hall–Kier alpha value is -2.99. The summed E-state index contributed by atoms with van der Waals surface area (Å²) in [6, 6.07) is 11.1. The summed E-state index contributed by atoms with van der Waals surface area (Å²) in [6.45, 7) is 3.86. The predicted octanol–water partition coefficient (Wildman–Crippen LogP) is 4.41. The topological polar surface area (TPSA) is 65.4 Å². The largest absolute Gasteiger partial charge is 0.495 e. The minimum Gasteiger partial charge on any atom is -0.495 e. The molecule has 1 aromatic heterocycles. The van der Waals surface area contributed by atoms with Crippen molar-refractivity contribution in [3.05, 3.63) is 64.4 Å². The van der Waals surface area contributed by atoms with Crippen LogP contribution in [0.2, 0.25) is 5.02 Å². The van der Waals surface area contributed by atoms with E-state index in [1.54, 1.807) is 23.0 Å². The Morgan fingerprint density at radius 2 is 1.85 bits per heavy atom. The van der Waals surface area contributed by atoms with Crippen molar-refractivity contribution in [2.45, 2.75) is 13.8 Å². The van der Waals surface area contributed by atoms with Gasteiger partial charge in [0.25, 0.3) is 5.91 Å². The molecule has 0 unspecified atom stereocenters. The van der Waals surface area contributed by atoms with Crippen LogP contribution in [0.4, 0.5) is 5.69 Å². The first-order valence-corrected chi connectivity index (χ1v) is 8.67. The van der Waals surface area contributed by atoms with Crippen LogP contribution in [0.15, 0.2) is 42.6 Å². The summed E-state index contributed by atoms with van der Waals surface area (Å²) in [4.78, 5) is 12.8. The summed E-state index contributed by atoms with van der Waals surface area (Å²) in [5.74, 6) is 0.620. The third-order valence-corrected chi connectivity index (χ3v) is 4.52. The Kier molecular flexibility index (Phi) is 5.37. The van der Waals surface area contributed by atoms with Crippen LogP contribution in [0.1, 0.15) is 21.6 Å². The number of rotatable bonds is 5. The van der Waals surface area contributed by atoms with E-state index in [1.165, 1.54) is 14.2 Å². The molecule has 0 radical (unpaired) electrons. The number of anilines is 1. The summed E-state index contributed by atoms with van der Waals surface area (Å²) in [5, 5.41) is 7.56. The molecular weight excluding hydrogens is 366 g/mol. The molecule has 0 bridgehead atoms. The van der Waals surface area contributed by atoms with Crippen molar-refractivity contribution in [1.29, 1.82) is 0 Å². The van der Waals surface area contributed by atoms with Crippen molar-refractivity contribution in [2.24, 2.45) is 0 Å². The Labute approximate surface area is 162 Å². The molecule has 0 aliphatic carbocycles. The zero-order valence-corrected chi connectivity index (χ0v) is 16.3. The molecule has 1 amide bonds. The standard InChI is InChI=1S/C20H20ClN3O3/c1-12-6-5-7-14(8-12)24-13(2)15(11-22-24)20(25)23-17-9-16(21)18(26-3)10-19(17)27-4/h5-11H,1-4H3,(H,23,25). The lowest BCUT2D eigenvalue weighted by molar-refractivity contribution is 0.102. The van der Waals surface area contributed by atoms with Crippen molar-refractivity contribution < 1.29 is 14.3 Å². The van der Waals surface area contributed by atoms with E-state index in [0.29, 0.717) is 27.8 Å². The summed E-state index contributed by atoms with van der Waals surface area (Å²) in [5.41, 5.74) is 3.67. The lowest BCUT2D eigenvalue weighted by Gasteiger charge is -2.13. The highest BCUT2D eigenvalue weighted by Gasteiger charge is 2.18. The molecule has 7 heteroatoms. The van der Waals surface area contributed by atoms with Crippen LogP contribution in [0.25, 0.3) is 5.69 Å². The van der Waals surface area contributed by atoms with E-state index in [9.17, 15) is 4.79 Å². The van der Waals surface area contributed by atoms with Crippen LogP contribution in [0, 0.1) is 13.8 Å². The van der Waals surface area contributed by atoms with Crippen molar-refractivity contribution in [3.63, 3.8) is 0 Å². The smallest absolute Gasteiger partial charge is 0.259 e. The van der Waals surface area contributed by atoms with Crippen molar-refractivity contribution in [1.82, 2.24) is 9.78 Å². The fourth-order valence-corrected chi connectivity index (χ4v) is 3.04. The van der Waals surface area contributed by atoms with Crippen LogP contribution in [0.5, 0.6) is 11.5 Å². The third kappa shape index (κ3) is 3.75. The Morgan fingerprint density at radius 1 is 1.11 bits per heavy atom. The Morgan fingerprint density at radius 3 is 2.52 bits per heavy atom. The van der Waals surface area contributed by atoms with Crippen LogP contribution in [-0.4, -0.2) is 29.9 Å². The van der Waals surface area contributed by atoms with E-state index >= 15 is 0 Å². The number of aryl methyl sites for hydroxylation is 1. The van der Waals surface area contributed by atoms with Gasteiger partial charge >= 0.3 is 0 Å². The fraction of sp³-hybridized carbons (Fsp3) is 0.200. The van der Waals surface area contributed by atoms with Crippen molar-refractivity contribution in [3.8, 4) is 17.2 Å². The predicted molar refractivity (Wildman–Crippen MR) is 106 cm³/mol. The summed E-state index contributed by atoms with van der Waals surface area (Å²) >= 11 is 6.17. The monoisotopic (exact) mass is 385 g/mol. The average Bonchev–Trinajstić information content (AvgIpc) is 3.03. The zero-order chi connectivity index (χ0) is 19.6. The van der Waals surface area contributed by atoms with Gasteiger partial charge in [-0.05, 0) is 37.6 Å². The molecule has 0 aliphatic heterocycles. The number of nitrogens with one attached hydrogen (secondary N) is 1. The van der Waals surface area contributed by atoms with Gasteiger partial charge in [0.05, 0.1) is 48.1 Å². The fourth-order valence-electron chi connectivity index (χ4n) is 2.80. The number of hydrogen-bond acceptors (Lipinski definition) is 4.